The number of ether oxygens (including phenoxy) is 1. The number of allylic oxidation sites excluding steroid dienone is 1. The molecule has 6 atom stereocenters. The maximum Gasteiger partial charge on any atom is 0.306 e. The molecule has 3 fully saturated rings. The van der Waals surface area contributed by atoms with Crippen LogP contribution in [0.25, 0.3) is 0 Å². The van der Waals surface area contributed by atoms with Gasteiger partial charge in [0, 0.05) is 18.3 Å². The number of nitrogens with one attached hydrogen (secondary N) is 1. The van der Waals surface area contributed by atoms with Crippen LogP contribution in [-0.4, -0.2) is 23.8 Å². The number of carbonyl (C=O) groups is 3. The third-order valence-corrected chi connectivity index (χ3v) is 9.74. The SMILES string of the molecule is C[C@]12CC[C@@H]3[C@H](CCC4=CC(=O)CC[C@@]43C)[C@H]1CC[C@H]2OC(=O)CCC(=O)NCc1ccco1. The number of ketones is 1. The summed E-state index contributed by atoms with van der Waals surface area (Å²) in [5.41, 5.74) is 1.57. The van der Waals surface area contributed by atoms with Crippen LogP contribution in [0.5, 0.6) is 0 Å². The summed E-state index contributed by atoms with van der Waals surface area (Å²) in [5.74, 6) is 2.39. The summed E-state index contributed by atoms with van der Waals surface area (Å²) in [4.78, 5) is 36.8. The van der Waals surface area contributed by atoms with E-state index in [-0.39, 0.29) is 41.7 Å². The Labute approximate surface area is 201 Å². The van der Waals surface area contributed by atoms with Gasteiger partial charge in [-0.15, -0.1) is 0 Å². The maximum atomic E-state index is 12.6. The van der Waals surface area contributed by atoms with E-state index in [1.807, 2.05) is 6.08 Å². The van der Waals surface area contributed by atoms with E-state index in [0.717, 1.165) is 44.9 Å². The summed E-state index contributed by atoms with van der Waals surface area (Å²) in [6.45, 7) is 5.05. The van der Waals surface area contributed by atoms with Gasteiger partial charge in [-0.05, 0) is 86.3 Å². The molecule has 4 aliphatic rings. The molecule has 0 saturated heterocycles. The molecule has 4 aliphatic carbocycles. The van der Waals surface area contributed by atoms with Crippen molar-refractivity contribution in [2.45, 2.75) is 90.7 Å². The Morgan fingerprint density at radius 3 is 2.74 bits per heavy atom. The molecule has 0 spiro atoms. The van der Waals surface area contributed by atoms with E-state index in [1.165, 1.54) is 5.57 Å². The molecule has 1 aromatic rings. The fraction of sp³-hybridized carbons (Fsp3) is 0.679. The predicted octanol–water partition coefficient (Wildman–Crippen LogP) is 5.12. The number of hydrogen-bond donors (Lipinski definition) is 1. The van der Waals surface area contributed by atoms with Gasteiger partial charge < -0.3 is 14.5 Å². The van der Waals surface area contributed by atoms with Crippen LogP contribution in [0.2, 0.25) is 0 Å². The Morgan fingerprint density at radius 1 is 1.09 bits per heavy atom. The van der Waals surface area contributed by atoms with E-state index >= 15 is 0 Å². The average Bonchev–Trinajstić information content (AvgIpc) is 3.45. The first-order valence-electron chi connectivity index (χ1n) is 13.0. The molecule has 5 rings (SSSR count). The number of amides is 1. The Morgan fingerprint density at radius 2 is 1.94 bits per heavy atom. The molecule has 34 heavy (non-hydrogen) atoms. The Hall–Kier alpha value is -2.37. The molecule has 3 saturated carbocycles. The average molecular weight is 468 g/mol. The van der Waals surface area contributed by atoms with E-state index in [9.17, 15) is 14.4 Å². The first-order valence-corrected chi connectivity index (χ1v) is 13.0. The quantitative estimate of drug-likeness (QED) is 0.587. The highest BCUT2D eigenvalue weighted by molar-refractivity contribution is 5.91. The predicted molar refractivity (Wildman–Crippen MR) is 126 cm³/mol. The second kappa shape index (κ2) is 9.01. The van der Waals surface area contributed by atoms with E-state index in [1.54, 1.807) is 18.4 Å². The van der Waals surface area contributed by atoms with Gasteiger partial charge in [-0.3, -0.25) is 14.4 Å². The monoisotopic (exact) mass is 467 g/mol. The molecule has 0 unspecified atom stereocenters. The highest BCUT2D eigenvalue weighted by Gasteiger charge is 2.59. The zero-order chi connectivity index (χ0) is 23.9. The Bertz CT molecular complexity index is 981. The van der Waals surface area contributed by atoms with Crippen LogP contribution < -0.4 is 5.32 Å². The molecule has 0 radical (unpaired) electrons. The minimum atomic E-state index is -0.270. The molecule has 1 N–H and O–H groups in total. The first kappa shape index (κ1) is 23.4. The number of carbonyl (C=O) groups excluding carboxylic acids is 3. The smallest absolute Gasteiger partial charge is 0.306 e. The number of furan rings is 1. The molecule has 1 heterocycles. The molecule has 184 valence electrons. The van der Waals surface area contributed by atoms with Crippen molar-refractivity contribution in [3.63, 3.8) is 0 Å². The zero-order valence-corrected chi connectivity index (χ0v) is 20.4. The van der Waals surface area contributed by atoms with Gasteiger partial charge >= 0.3 is 5.97 Å². The van der Waals surface area contributed by atoms with Crippen LogP contribution >= 0.6 is 0 Å². The summed E-state index contributed by atoms with van der Waals surface area (Å²) in [5, 5.41) is 2.78. The van der Waals surface area contributed by atoms with Crippen molar-refractivity contribution in [3.8, 4) is 0 Å². The van der Waals surface area contributed by atoms with Gasteiger partial charge in [0.15, 0.2) is 5.78 Å². The lowest BCUT2D eigenvalue weighted by atomic mass is 9.47. The van der Waals surface area contributed by atoms with Gasteiger partial charge in [0.2, 0.25) is 5.91 Å². The van der Waals surface area contributed by atoms with Gasteiger partial charge in [-0.25, -0.2) is 0 Å². The molecule has 0 bridgehead atoms. The van der Waals surface area contributed by atoms with Gasteiger partial charge in [-0.2, -0.15) is 0 Å². The van der Waals surface area contributed by atoms with Crippen LogP contribution in [-0.2, 0) is 25.7 Å². The second-order valence-corrected chi connectivity index (χ2v) is 11.4. The standard InChI is InChI=1S/C28H37NO5/c1-27-13-11-19(30)16-18(27)5-6-21-22-7-8-24(28(22,2)14-12-23(21)27)34-26(32)10-9-25(31)29-17-20-4-3-15-33-20/h3-4,15-16,21-24H,5-14,17H2,1-2H3,(H,29,31)/t21-,22-,23-,24-,27+,28+/m1/s1. The molecule has 1 aromatic heterocycles. The minimum Gasteiger partial charge on any atom is -0.467 e. The molecule has 6 nitrogen and oxygen atoms in total. The van der Waals surface area contributed by atoms with Crippen LogP contribution in [0.15, 0.2) is 34.5 Å². The lowest BCUT2D eigenvalue weighted by molar-refractivity contribution is -0.160. The van der Waals surface area contributed by atoms with Crippen LogP contribution in [0.1, 0.15) is 83.8 Å². The van der Waals surface area contributed by atoms with Gasteiger partial charge in [-0.1, -0.05) is 19.4 Å². The summed E-state index contributed by atoms with van der Waals surface area (Å²) in [6.07, 6.45) is 11.8. The van der Waals surface area contributed by atoms with Gasteiger partial charge in [0.25, 0.3) is 0 Å². The zero-order valence-electron chi connectivity index (χ0n) is 20.4. The fourth-order valence-corrected chi connectivity index (χ4v) is 7.83. The summed E-state index contributed by atoms with van der Waals surface area (Å²) >= 11 is 0. The molecule has 0 aromatic carbocycles. The van der Waals surface area contributed by atoms with Crippen molar-refractivity contribution in [2.75, 3.05) is 0 Å². The largest absolute Gasteiger partial charge is 0.467 e. The van der Waals surface area contributed by atoms with Crippen molar-refractivity contribution in [1.82, 2.24) is 5.32 Å². The third-order valence-electron chi connectivity index (χ3n) is 9.74. The van der Waals surface area contributed by atoms with E-state index in [0.29, 0.717) is 42.3 Å². The minimum absolute atomic E-state index is 0.0143. The van der Waals surface area contributed by atoms with Crippen LogP contribution in [0.3, 0.4) is 0 Å². The number of rotatable bonds is 6. The van der Waals surface area contributed by atoms with Crippen molar-refractivity contribution in [1.29, 1.82) is 0 Å². The lowest BCUT2D eigenvalue weighted by Gasteiger charge is -2.57. The number of esters is 1. The molecular formula is C28H37NO5. The third kappa shape index (κ3) is 4.14. The van der Waals surface area contributed by atoms with E-state index in [4.69, 9.17) is 9.15 Å². The maximum absolute atomic E-state index is 12.6. The van der Waals surface area contributed by atoms with Gasteiger partial charge in [0.1, 0.15) is 11.9 Å². The lowest BCUT2D eigenvalue weighted by Crippen LogP contribution is -2.51. The van der Waals surface area contributed by atoms with E-state index in [2.05, 4.69) is 19.2 Å². The summed E-state index contributed by atoms with van der Waals surface area (Å²) in [6, 6.07) is 3.58. The fourth-order valence-electron chi connectivity index (χ4n) is 7.83. The second-order valence-electron chi connectivity index (χ2n) is 11.4. The molecule has 0 aliphatic heterocycles. The Kier molecular flexibility index (Phi) is 6.19. The normalized spacial score (nSPS) is 36.6. The number of hydrogen-bond acceptors (Lipinski definition) is 5. The van der Waals surface area contributed by atoms with Gasteiger partial charge in [0.05, 0.1) is 19.2 Å². The Balaban J connectivity index is 1.17. The van der Waals surface area contributed by atoms with E-state index < -0.39 is 0 Å². The summed E-state index contributed by atoms with van der Waals surface area (Å²) < 4.78 is 11.2. The van der Waals surface area contributed by atoms with Crippen molar-refractivity contribution in [2.24, 2.45) is 28.6 Å². The van der Waals surface area contributed by atoms with Crippen molar-refractivity contribution >= 4 is 17.7 Å². The molecular weight excluding hydrogens is 430 g/mol. The molecule has 1 amide bonds. The topological polar surface area (TPSA) is 85.6 Å². The van der Waals surface area contributed by atoms with Crippen molar-refractivity contribution < 1.29 is 23.5 Å². The molecule has 6 heteroatoms. The van der Waals surface area contributed by atoms with Crippen molar-refractivity contribution in [3.05, 3.63) is 35.8 Å². The summed E-state index contributed by atoms with van der Waals surface area (Å²) in [7, 11) is 0. The highest BCUT2D eigenvalue weighted by atomic mass is 16.5. The van der Waals surface area contributed by atoms with Crippen LogP contribution in [0, 0.1) is 28.6 Å². The van der Waals surface area contributed by atoms with Crippen LogP contribution in [0.4, 0.5) is 0 Å². The highest BCUT2D eigenvalue weighted by Crippen LogP contribution is 2.65. The number of fused-ring (bicyclic) bond motifs is 5. The first-order chi connectivity index (χ1) is 16.3.